The van der Waals surface area contributed by atoms with Gasteiger partial charge < -0.3 is 11.1 Å². The molecule has 0 bridgehead atoms. The molecule has 0 spiro atoms. The predicted molar refractivity (Wildman–Crippen MR) is 63.5 cm³/mol. The van der Waals surface area contributed by atoms with Crippen LogP contribution in [0.4, 0.5) is 4.79 Å². The molecule has 5 nitrogen and oxygen atoms in total. The van der Waals surface area contributed by atoms with Crippen LogP contribution < -0.4 is 16.4 Å². The SMILES string of the molecule is NCCC1(c2ccc(Cl)cc2)NC(=O)NC1=O. The minimum atomic E-state index is -1.07. The molecule has 1 unspecified atom stereocenters. The highest BCUT2D eigenvalue weighted by Crippen LogP contribution is 2.29. The number of benzene rings is 1. The highest BCUT2D eigenvalue weighted by Gasteiger charge is 2.46. The number of hydrogen-bond acceptors (Lipinski definition) is 3. The molecule has 6 heteroatoms. The molecule has 1 fully saturated rings. The Kier molecular flexibility index (Phi) is 3.04. The van der Waals surface area contributed by atoms with Gasteiger partial charge in [0.15, 0.2) is 0 Å². The number of imide groups is 1. The second-order valence-electron chi connectivity index (χ2n) is 3.86. The Balaban J connectivity index is 2.44. The van der Waals surface area contributed by atoms with Crippen LogP contribution in [0.5, 0.6) is 0 Å². The molecular weight excluding hydrogens is 242 g/mol. The number of urea groups is 1. The second-order valence-corrected chi connectivity index (χ2v) is 4.30. The number of carbonyl (C=O) groups is 2. The maximum absolute atomic E-state index is 11.9. The minimum absolute atomic E-state index is 0.288. The summed E-state index contributed by atoms with van der Waals surface area (Å²) in [6.45, 7) is 0.288. The molecule has 1 aliphatic heterocycles. The van der Waals surface area contributed by atoms with Crippen molar-refractivity contribution in [1.29, 1.82) is 0 Å². The Morgan fingerprint density at radius 3 is 2.35 bits per heavy atom. The van der Waals surface area contributed by atoms with Gasteiger partial charge in [0, 0.05) is 5.02 Å². The fraction of sp³-hybridized carbons (Fsp3) is 0.273. The zero-order valence-electron chi connectivity index (χ0n) is 9.00. The van der Waals surface area contributed by atoms with Gasteiger partial charge in [-0.25, -0.2) is 4.79 Å². The third kappa shape index (κ3) is 1.99. The van der Waals surface area contributed by atoms with Gasteiger partial charge in [-0.2, -0.15) is 0 Å². The lowest BCUT2D eigenvalue weighted by Crippen LogP contribution is -2.45. The van der Waals surface area contributed by atoms with E-state index in [0.717, 1.165) is 0 Å². The summed E-state index contributed by atoms with van der Waals surface area (Å²) < 4.78 is 0. The number of rotatable bonds is 3. The average molecular weight is 254 g/mol. The van der Waals surface area contributed by atoms with E-state index in [2.05, 4.69) is 10.6 Å². The smallest absolute Gasteiger partial charge is 0.322 e. The molecule has 0 aromatic heterocycles. The first-order valence-corrected chi connectivity index (χ1v) is 5.56. The standard InChI is InChI=1S/C11H12ClN3O2/c12-8-3-1-7(2-4-8)11(5-6-13)9(16)14-10(17)15-11/h1-4H,5-6,13H2,(H2,14,15,16,17). The zero-order valence-corrected chi connectivity index (χ0v) is 9.75. The van der Waals surface area contributed by atoms with Gasteiger partial charge in [-0.05, 0) is 30.7 Å². The van der Waals surface area contributed by atoms with E-state index in [9.17, 15) is 9.59 Å². The number of halogens is 1. The third-order valence-electron chi connectivity index (χ3n) is 2.80. The molecule has 1 aromatic rings. The van der Waals surface area contributed by atoms with Gasteiger partial charge in [0.2, 0.25) is 0 Å². The first-order valence-electron chi connectivity index (χ1n) is 5.18. The quantitative estimate of drug-likeness (QED) is 0.694. The van der Waals surface area contributed by atoms with Gasteiger partial charge in [-0.3, -0.25) is 10.1 Å². The summed E-state index contributed by atoms with van der Waals surface area (Å²) in [6, 6.07) is 6.27. The van der Waals surface area contributed by atoms with E-state index in [0.29, 0.717) is 17.0 Å². The summed E-state index contributed by atoms with van der Waals surface area (Å²) in [4.78, 5) is 23.2. The number of nitrogens with two attached hydrogens (primary N) is 1. The van der Waals surface area contributed by atoms with Gasteiger partial charge >= 0.3 is 6.03 Å². The molecule has 4 N–H and O–H groups in total. The number of carbonyl (C=O) groups excluding carboxylic acids is 2. The summed E-state index contributed by atoms with van der Waals surface area (Å²) in [5.41, 5.74) is 5.11. The Labute approximate surface area is 103 Å². The Morgan fingerprint density at radius 2 is 1.88 bits per heavy atom. The fourth-order valence-corrected chi connectivity index (χ4v) is 2.09. The van der Waals surface area contributed by atoms with E-state index in [-0.39, 0.29) is 12.5 Å². The maximum atomic E-state index is 11.9. The molecule has 3 amide bonds. The highest BCUT2D eigenvalue weighted by molar-refractivity contribution is 6.30. The largest absolute Gasteiger partial charge is 0.330 e. The molecule has 0 saturated carbocycles. The van der Waals surface area contributed by atoms with E-state index >= 15 is 0 Å². The van der Waals surface area contributed by atoms with Crippen LogP contribution in [0.1, 0.15) is 12.0 Å². The van der Waals surface area contributed by atoms with Crippen molar-refractivity contribution >= 4 is 23.5 Å². The highest BCUT2D eigenvalue weighted by atomic mass is 35.5. The lowest BCUT2D eigenvalue weighted by Gasteiger charge is -2.25. The maximum Gasteiger partial charge on any atom is 0.322 e. The van der Waals surface area contributed by atoms with Crippen LogP contribution in [0.15, 0.2) is 24.3 Å². The van der Waals surface area contributed by atoms with Crippen molar-refractivity contribution in [3.8, 4) is 0 Å². The van der Waals surface area contributed by atoms with Crippen LogP contribution in [-0.4, -0.2) is 18.5 Å². The topological polar surface area (TPSA) is 84.2 Å². The summed E-state index contributed by atoms with van der Waals surface area (Å²) in [6.07, 6.45) is 0.339. The van der Waals surface area contributed by atoms with Crippen molar-refractivity contribution < 1.29 is 9.59 Å². The minimum Gasteiger partial charge on any atom is -0.330 e. The van der Waals surface area contributed by atoms with Crippen molar-refractivity contribution in [2.75, 3.05) is 6.54 Å². The summed E-state index contributed by atoms with van der Waals surface area (Å²) in [5.74, 6) is -0.379. The molecule has 1 saturated heterocycles. The van der Waals surface area contributed by atoms with Crippen LogP contribution in [-0.2, 0) is 10.3 Å². The summed E-state index contributed by atoms with van der Waals surface area (Å²) in [7, 11) is 0. The van der Waals surface area contributed by atoms with E-state index in [4.69, 9.17) is 17.3 Å². The molecule has 90 valence electrons. The molecule has 0 radical (unpaired) electrons. The van der Waals surface area contributed by atoms with Crippen LogP contribution in [0.2, 0.25) is 5.02 Å². The van der Waals surface area contributed by atoms with Gasteiger partial charge in [-0.15, -0.1) is 0 Å². The third-order valence-corrected chi connectivity index (χ3v) is 3.05. The van der Waals surface area contributed by atoms with Crippen molar-refractivity contribution in [3.05, 3.63) is 34.9 Å². The lowest BCUT2D eigenvalue weighted by molar-refractivity contribution is -0.124. The fourth-order valence-electron chi connectivity index (χ4n) is 1.97. The average Bonchev–Trinajstić information content (AvgIpc) is 2.56. The predicted octanol–water partition coefficient (Wildman–Crippen LogP) is 0.723. The van der Waals surface area contributed by atoms with Gasteiger partial charge in [0.1, 0.15) is 5.54 Å². The molecule has 2 rings (SSSR count). The molecule has 1 heterocycles. The van der Waals surface area contributed by atoms with Gasteiger partial charge in [0.25, 0.3) is 5.91 Å². The monoisotopic (exact) mass is 253 g/mol. The summed E-state index contributed by atoms with van der Waals surface area (Å²) in [5, 5.41) is 5.43. The Morgan fingerprint density at radius 1 is 1.24 bits per heavy atom. The molecule has 1 aromatic carbocycles. The molecule has 1 atom stereocenters. The Bertz CT molecular complexity index is 460. The molecule has 17 heavy (non-hydrogen) atoms. The van der Waals surface area contributed by atoms with Crippen LogP contribution in [0.25, 0.3) is 0 Å². The Hall–Kier alpha value is -1.59. The molecule has 0 aliphatic carbocycles. The van der Waals surface area contributed by atoms with Crippen LogP contribution in [0, 0.1) is 0 Å². The lowest BCUT2D eigenvalue weighted by atomic mass is 9.87. The van der Waals surface area contributed by atoms with E-state index in [1.165, 1.54) is 0 Å². The van der Waals surface area contributed by atoms with Crippen molar-refractivity contribution in [3.63, 3.8) is 0 Å². The number of amides is 3. The van der Waals surface area contributed by atoms with Crippen molar-refractivity contribution in [2.24, 2.45) is 5.73 Å². The van der Waals surface area contributed by atoms with E-state index in [1.54, 1.807) is 24.3 Å². The van der Waals surface area contributed by atoms with Crippen LogP contribution in [0.3, 0.4) is 0 Å². The number of hydrogen-bond donors (Lipinski definition) is 3. The summed E-state index contributed by atoms with van der Waals surface area (Å²) >= 11 is 5.79. The van der Waals surface area contributed by atoms with Crippen molar-refractivity contribution in [1.82, 2.24) is 10.6 Å². The number of nitrogens with one attached hydrogen (secondary N) is 2. The van der Waals surface area contributed by atoms with E-state index < -0.39 is 11.6 Å². The molecular formula is C11H12ClN3O2. The second kappa shape index (κ2) is 4.35. The van der Waals surface area contributed by atoms with Crippen molar-refractivity contribution in [2.45, 2.75) is 12.0 Å². The molecule has 1 aliphatic rings. The normalized spacial score (nSPS) is 23.4. The van der Waals surface area contributed by atoms with Crippen LogP contribution >= 0.6 is 11.6 Å². The van der Waals surface area contributed by atoms with Gasteiger partial charge in [0.05, 0.1) is 0 Å². The first-order chi connectivity index (χ1) is 8.08. The van der Waals surface area contributed by atoms with Gasteiger partial charge in [-0.1, -0.05) is 23.7 Å². The first kappa shape index (κ1) is 11.9. The zero-order chi connectivity index (χ0) is 12.5. The van der Waals surface area contributed by atoms with E-state index in [1.807, 2.05) is 0 Å².